The summed E-state index contributed by atoms with van der Waals surface area (Å²) in [5, 5.41) is 0. The van der Waals surface area contributed by atoms with Crippen molar-refractivity contribution < 1.29 is 0 Å². The van der Waals surface area contributed by atoms with Gasteiger partial charge in [-0.15, -0.1) is 0 Å². The van der Waals surface area contributed by atoms with Gasteiger partial charge in [0.05, 0.1) is 0 Å². The molecule has 1 nitrogen and oxygen atoms in total. The molecule has 0 amide bonds. The van der Waals surface area contributed by atoms with Gasteiger partial charge in [0, 0.05) is 0 Å². The number of aryl methyl sites for hydroxylation is 2. The summed E-state index contributed by atoms with van der Waals surface area (Å²) in [5.74, 6) is 1.33. The van der Waals surface area contributed by atoms with E-state index >= 15 is 0 Å². The Bertz CT molecular complexity index is 330. The van der Waals surface area contributed by atoms with Crippen molar-refractivity contribution in [2.75, 3.05) is 6.54 Å². The number of rotatable bonds is 2. The van der Waals surface area contributed by atoms with Crippen molar-refractivity contribution in [2.24, 2.45) is 11.7 Å². The molecule has 2 N–H and O–H groups in total. The molecule has 1 heteroatoms. The summed E-state index contributed by atoms with van der Waals surface area (Å²) in [5.41, 5.74) is 10.3. The SMILES string of the molecule is Cc1cccc2c1C(C(C)CN)CC2. The van der Waals surface area contributed by atoms with E-state index in [9.17, 15) is 0 Å². The fraction of sp³-hybridized carbons (Fsp3) is 0.538. The van der Waals surface area contributed by atoms with Crippen LogP contribution in [0.5, 0.6) is 0 Å². The smallest absolute Gasteiger partial charge is 0.00457 e. The molecule has 14 heavy (non-hydrogen) atoms. The lowest BCUT2D eigenvalue weighted by Crippen LogP contribution is -2.18. The molecule has 2 atom stereocenters. The Balaban J connectivity index is 2.38. The van der Waals surface area contributed by atoms with Crippen LogP contribution in [0.1, 0.15) is 36.0 Å². The summed E-state index contributed by atoms with van der Waals surface area (Å²) in [6.07, 6.45) is 2.53. The second-order valence-corrected chi connectivity index (χ2v) is 4.51. The topological polar surface area (TPSA) is 26.0 Å². The molecular weight excluding hydrogens is 170 g/mol. The Kier molecular flexibility index (Phi) is 2.60. The lowest BCUT2D eigenvalue weighted by molar-refractivity contribution is 0.465. The van der Waals surface area contributed by atoms with Gasteiger partial charge in [-0.1, -0.05) is 25.1 Å². The zero-order valence-electron chi connectivity index (χ0n) is 9.09. The van der Waals surface area contributed by atoms with Gasteiger partial charge in [-0.25, -0.2) is 0 Å². The predicted molar refractivity (Wildman–Crippen MR) is 60.5 cm³/mol. The normalized spacial score (nSPS) is 22.1. The van der Waals surface area contributed by atoms with Crippen LogP contribution in [0.3, 0.4) is 0 Å². The zero-order valence-corrected chi connectivity index (χ0v) is 9.09. The molecule has 1 aromatic carbocycles. The van der Waals surface area contributed by atoms with Crippen molar-refractivity contribution in [3.63, 3.8) is 0 Å². The molecule has 1 aliphatic rings. The first-order chi connectivity index (χ1) is 6.74. The minimum absolute atomic E-state index is 0.623. The third kappa shape index (κ3) is 1.46. The Hall–Kier alpha value is -0.820. The van der Waals surface area contributed by atoms with Crippen LogP contribution < -0.4 is 5.73 Å². The van der Waals surface area contributed by atoms with Crippen LogP contribution in [0.25, 0.3) is 0 Å². The number of hydrogen-bond donors (Lipinski definition) is 1. The molecule has 1 aromatic rings. The molecule has 0 saturated heterocycles. The fourth-order valence-electron chi connectivity index (χ4n) is 2.68. The second-order valence-electron chi connectivity index (χ2n) is 4.51. The van der Waals surface area contributed by atoms with Crippen LogP contribution in [0.4, 0.5) is 0 Å². The van der Waals surface area contributed by atoms with Crippen molar-refractivity contribution in [2.45, 2.75) is 32.6 Å². The molecule has 2 rings (SSSR count). The average Bonchev–Trinajstić information content (AvgIpc) is 2.62. The number of hydrogen-bond acceptors (Lipinski definition) is 1. The van der Waals surface area contributed by atoms with E-state index in [4.69, 9.17) is 5.73 Å². The van der Waals surface area contributed by atoms with Crippen LogP contribution in [-0.4, -0.2) is 6.54 Å². The first-order valence-electron chi connectivity index (χ1n) is 5.52. The molecule has 0 heterocycles. The number of nitrogens with two attached hydrogens (primary N) is 1. The lowest BCUT2D eigenvalue weighted by atomic mass is 9.86. The Labute approximate surface area is 86.3 Å². The van der Waals surface area contributed by atoms with Gasteiger partial charge in [0.15, 0.2) is 0 Å². The van der Waals surface area contributed by atoms with E-state index in [2.05, 4.69) is 32.0 Å². The predicted octanol–water partition coefficient (Wildman–Crippen LogP) is 2.62. The first-order valence-corrected chi connectivity index (χ1v) is 5.52. The van der Waals surface area contributed by atoms with Crippen molar-refractivity contribution in [1.82, 2.24) is 0 Å². The minimum Gasteiger partial charge on any atom is -0.330 e. The maximum Gasteiger partial charge on any atom is -0.00457 e. The van der Waals surface area contributed by atoms with Gasteiger partial charge in [0.1, 0.15) is 0 Å². The Morgan fingerprint density at radius 2 is 2.29 bits per heavy atom. The molecule has 0 radical (unpaired) electrons. The maximum atomic E-state index is 5.76. The van der Waals surface area contributed by atoms with Gasteiger partial charge in [-0.2, -0.15) is 0 Å². The average molecular weight is 189 g/mol. The van der Waals surface area contributed by atoms with Crippen LogP contribution >= 0.6 is 0 Å². The summed E-state index contributed by atoms with van der Waals surface area (Å²) in [6.45, 7) is 5.30. The minimum atomic E-state index is 0.623. The maximum absolute atomic E-state index is 5.76. The van der Waals surface area contributed by atoms with Gasteiger partial charge < -0.3 is 5.73 Å². The largest absolute Gasteiger partial charge is 0.330 e. The monoisotopic (exact) mass is 189 g/mol. The Morgan fingerprint density at radius 1 is 1.50 bits per heavy atom. The van der Waals surface area contributed by atoms with E-state index in [0.717, 1.165) is 6.54 Å². The highest BCUT2D eigenvalue weighted by Crippen LogP contribution is 2.39. The first kappa shape index (κ1) is 9.72. The summed E-state index contributed by atoms with van der Waals surface area (Å²) in [4.78, 5) is 0. The molecule has 0 spiro atoms. The van der Waals surface area contributed by atoms with Gasteiger partial charge in [-0.3, -0.25) is 0 Å². The third-order valence-electron chi connectivity index (χ3n) is 3.57. The van der Waals surface area contributed by atoms with Crippen LogP contribution in [0, 0.1) is 12.8 Å². The van der Waals surface area contributed by atoms with E-state index in [1.165, 1.54) is 18.4 Å². The fourth-order valence-corrected chi connectivity index (χ4v) is 2.68. The van der Waals surface area contributed by atoms with Crippen LogP contribution in [0.2, 0.25) is 0 Å². The summed E-state index contributed by atoms with van der Waals surface area (Å²) in [6, 6.07) is 6.66. The van der Waals surface area contributed by atoms with Crippen molar-refractivity contribution in [1.29, 1.82) is 0 Å². The summed E-state index contributed by atoms with van der Waals surface area (Å²) >= 11 is 0. The number of benzene rings is 1. The molecular formula is C13H19N. The van der Waals surface area contributed by atoms with Gasteiger partial charge in [0.25, 0.3) is 0 Å². The highest BCUT2D eigenvalue weighted by molar-refractivity contribution is 5.41. The van der Waals surface area contributed by atoms with E-state index in [1.807, 2.05) is 0 Å². The van der Waals surface area contributed by atoms with Crippen molar-refractivity contribution >= 4 is 0 Å². The van der Waals surface area contributed by atoms with E-state index in [0.29, 0.717) is 11.8 Å². The molecule has 2 unspecified atom stereocenters. The van der Waals surface area contributed by atoms with Crippen molar-refractivity contribution in [3.05, 3.63) is 34.9 Å². The molecule has 0 aliphatic heterocycles. The van der Waals surface area contributed by atoms with E-state index in [-0.39, 0.29) is 0 Å². The third-order valence-corrected chi connectivity index (χ3v) is 3.57. The Morgan fingerprint density at radius 3 is 3.00 bits per heavy atom. The van der Waals surface area contributed by atoms with Gasteiger partial charge in [0.2, 0.25) is 0 Å². The standard InChI is InChI=1S/C13H19N/c1-9-4-3-5-11-6-7-12(13(9)11)10(2)8-14/h3-5,10,12H,6-8,14H2,1-2H3. The summed E-state index contributed by atoms with van der Waals surface area (Å²) < 4.78 is 0. The molecule has 0 aromatic heterocycles. The molecule has 76 valence electrons. The summed E-state index contributed by atoms with van der Waals surface area (Å²) in [7, 11) is 0. The van der Waals surface area contributed by atoms with Crippen molar-refractivity contribution in [3.8, 4) is 0 Å². The molecule has 0 saturated carbocycles. The van der Waals surface area contributed by atoms with Crippen LogP contribution in [0.15, 0.2) is 18.2 Å². The van der Waals surface area contributed by atoms with Gasteiger partial charge in [-0.05, 0) is 54.8 Å². The van der Waals surface area contributed by atoms with Crippen LogP contribution in [-0.2, 0) is 6.42 Å². The molecule has 0 bridgehead atoms. The second kappa shape index (κ2) is 3.74. The molecule has 1 aliphatic carbocycles. The quantitative estimate of drug-likeness (QED) is 0.760. The van der Waals surface area contributed by atoms with E-state index in [1.54, 1.807) is 11.1 Å². The lowest BCUT2D eigenvalue weighted by Gasteiger charge is -2.20. The zero-order chi connectivity index (χ0) is 10.1. The van der Waals surface area contributed by atoms with Gasteiger partial charge >= 0.3 is 0 Å². The number of fused-ring (bicyclic) bond motifs is 1. The highest BCUT2D eigenvalue weighted by atomic mass is 14.6. The van der Waals surface area contributed by atoms with E-state index < -0.39 is 0 Å². The molecule has 0 fully saturated rings. The highest BCUT2D eigenvalue weighted by Gasteiger charge is 2.27.